The molecule has 0 bridgehead atoms. The van der Waals surface area contributed by atoms with E-state index in [1.807, 2.05) is 0 Å². The molecule has 1 N–H and O–H groups in total. The summed E-state index contributed by atoms with van der Waals surface area (Å²) >= 11 is 0. The third-order valence-electron chi connectivity index (χ3n) is 4.73. The number of carbonyl (C=O) groups is 2. The van der Waals surface area contributed by atoms with E-state index in [0.717, 1.165) is 18.4 Å². The highest BCUT2D eigenvalue weighted by molar-refractivity contribution is 5.91. The minimum absolute atomic E-state index is 0.182. The van der Waals surface area contributed by atoms with Crippen LogP contribution in [0.3, 0.4) is 0 Å². The van der Waals surface area contributed by atoms with Gasteiger partial charge in [-0.25, -0.2) is 9.18 Å². The predicted octanol–water partition coefficient (Wildman–Crippen LogP) is 2.43. The summed E-state index contributed by atoms with van der Waals surface area (Å²) in [7, 11) is 0. The summed E-state index contributed by atoms with van der Waals surface area (Å²) in [6.45, 7) is 1.77. The van der Waals surface area contributed by atoms with E-state index in [2.05, 4.69) is 10.5 Å². The third kappa shape index (κ3) is 2.81. The van der Waals surface area contributed by atoms with Crippen LogP contribution in [0.25, 0.3) is 11.3 Å². The summed E-state index contributed by atoms with van der Waals surface area (Å²) < 4.78 is 25.8. The maximum atomic E-state index is 15.2. The first-order valence-corrected chi connectivity index (χ1v) is 8.52. The smallest absolute Gasteiger partial charge is 0.414 e. The van der Waals surface area contributed by atoms with Crippen LogP contribution in [-0.2, 0) is 22.4 Å². The number of rotatable bonds is 3. The fourth-order valence-electron chi connectivity index (χ4n) is 3.47. The number of nitrogens with one attached hydrogen (secondary N) is 1. The van der Waals surface area contributed by atoms with Crippen molar-refractivity contribution in [2.45, 2.75) is 32.3 Å². The van der Waals surface area contributed by atoms with Crippen molar-refractivity contribution in [1.82, 2.24) is 10.5 Å². The number of aromatic nitrogens is 1. The molecule has 2 heterocycles. The van der Waals surface area contributed by atoms with Gasteiger partial charge in [0.15, 0.2) is 11.6 Å². The van der Waals surface area contributed by atoms with E-state index in [1.54, 1.807) is 18.3 Å². The minimum atomic E-state index is -0.617. The van der Waals surface area contributed by atoms with Crippen molar-refractivity contribution in [2.75, 3.05) is 18.0 Å². The predicted molar refractivity (Wildman–Crippen MR) is 90.2 cm³/mol. The number of nitrogens with zero attached hydrogens (tertiary/aromatic N) is 2. The van der Waals surface area contributed by atoms with E-state index < -0.39 is 18.0 Å². The van der Waals surface area contributed by atoms with Gasteiger partial charge in [0.05, 0.1) is 25.0 Å². The number of benzene rings is 1. The molecule has 0 spiro atoms. The Labute approximate surface area is 149 Å². The third-order valence-corrected chi connectivity index (χ3v) is 4.73. The first-order chi connectivity index (χ1) is 12.5. The molecular formula is C18H18FN3O4. The number of hydrogen-bond acceptors (Lipinski definition) is 5. The lowest BCUT2D eigenvalue weighted by atomic mass is 10.0. The molecule has 2 aliphatic rings. The second-order valence-corrected chi connectivity index (χ2v) is 6.51. The molecule has 1 aromatic heterocycles. The summed E-state index contributed by atoms with van der Waals surface area (Å²) in [5, 5.41) is 6.42. The standard InChI is InChI=1S/C18H18FN3O4/c1-10(23)20-8-12-9-22(18(24)25-12)15-6-5-14-13(16(15)19)4-2-3-11-7-21-26-17(11)14/h5-7,12H,2-4,8-9H2,1H3,(H,20,23). The van der Waals surface area contributed by atoms with Gasteiger partial charge in [-0.3, -0.25) is 9.69 Å². The largest absolute Gasteiger partial charge is 0.442 e. The molecule has 2 amide bonds. The van der Waals surface area contributed by atoms with Crippen molar-refractivity contribution in [1.29, 1.82) is 0 Å². The average Bonchev–Trinajstić information content (AvgIpc) is 3.17. The Morgan fingerprint density at radius 2 is 2.27 bits per heavy atom. The molecule has 1 saturated heterocycles. The van der Waals surface area contributed by atoms with Gasteiger partial charge in [0.1, 0.15) is 6.10 Å². The van der Waals surface area contributed by atoms with Crippen LogP contribution in [0.1, 0.15) is 24.5 Å². The van der Waals surface area contributed by atoms with Gasteiger partial charge in [-0.1, -0.05) is 5.16 Å². The lowest BCUT2D eigenvalue weighted by Crippen LogP contribution is -2.33. The quantitative estimate of drug-likeness (QED) is 0.910. The molecule has 4 rings (SSSR count). The number of carbonyl (C=O) groups excluding carboxylic acids is 2. The topological polar surface area (TPSA) is 84.7 Å². The van der Waals surface area contributed by atoms with E-state index >= 15 is 4.39 Å². The second kappa shape index (κ2) is 6.44. The van der Waals surface area contributed by atoms with Gasteiger partial charge in [0.25, 0.3) is 0 Å². The van der Waals surface area contributed by atoms with E-state index in [-0.39, 0.29) is 24.7 Å². The Bertz CT molecular complexity index is 879. The van der Waals surface area contributed by atoms with Gasteiger partial charge in [-0.15, -0.1) is 0 Å². The molecule has 0 saturated carbocycles. The lowest BCUT2D eigenvalue weighted by molar-refractivity contribution is -0.119. The highest BCUT2D eigenvalue weighted by Gasteiger charge is 2.35. The normalized spacial score (nSPS) is 18.8. The van der Waals surface area contributed by atoms with Crippen molar-refractivity contribution < 1.29 is 23.2 Å². The fraction of sp³-hybridized carbons (Fsp3) is 0.389. The van der Waals surface area contributed by atoms with Gasteiger partial charge in [0.2, 0.25) is 5.91 Å². The zero-order valence-corrected chi connectivity index (χ0v) is 14.3. The van der Waals surface area contributed by atoms with E-state index in [1.165, 1.54) is 11.8 Å². The van der Waals surface area contributed by atoms with Gasteiger partial charge in [-0.05, 0) is 31.4 Å². The van der Waals surface area contributed by atoms with Crippen molar-refractivity contribution in [3.05, 3.63) is 35.3 Å². The van der Waals surface area contributed by atoms with Crippen LogP contribution in [0.5, 0.6) is 0 Å². The molecule has 1 unspecified atom stereocenters. The molecule has 26 heavy (non-hydrogen) atoms. The maximum Gasteiger partial charge on any atom is 0.414 e. The number of ether oxygens (including phenoxy) is 1. The van der Waals surface area contributed by atoms with Crippen LogP contribution in [-0.4, -0.2) is 36.4 Å². The molecule has 136 valence electrons. The molecule has 0 radical (unpaired) electrons. The Morgan fingerprint density at radius 3 is 3.08 bits per heavy atom. The highest BCUT2D eigenvalue weighted by atomic mass is 19.1. The maximum absolute atomic E-state index is 15.2. The van der Waals surface area contributed by atoms with Crippen LogP contribution >= 0.6 is 0 Å². The number of halogens is 1. The van der Waals surface area contributed by atoms with Crippen LogP contribution in [0, 0.1) is 5.82 Å². The number of amides is 2. The Balaban J connectivity index is 1.64. The molecule has 1 aromatic carbocycles. The van der Waals surface area contributed by atoms with Crippen molar-refractivity contribution >= 4 is 17.7 Å². The number of anilines is 1. The summed E-state index contributed by atoms with van der Waals surface area (Å²) in [6, 6.07) is 3.32. The summed E-state index contributed by atoms with van der Waals surface area (Å²) in [6.07, 6.45) is 2.64. The lowest BCUT2D eigenvalue weighted by Gasteiger charge is -2.17. The molecule has 1 aliphatic carbocycles. The fourth-order valence-corrected chi connectivity index (χ4v) is 3.47. The monoisotopic (exact) mass is 359 g/mol. The highest BCUT2D eigenvalue weighted by Crippen LogP contribution is 2.37. The number of hydrogen-bond donors (Lipinski definition) is 1. The average molecular weight is 359 g/mol. The SMILES string of the molecule is CC(=O)NCC1CN(c2ccc3c(c2F)CCCc2cnoc2-3)C(=O)O1. The van der Waals surface area contributed by atoms with Crippen molar-refractivity contribution in [2.24, 2.45) is 0 Å². The summed E-state index contributed by atoms with van der Waals surface area (Å²) in [5.41, 5.74) is 2.35. The van der Waals surface area contributed by atoms with Crippen LogP contribution in [0.2, 0.25) is 0 Å². The van der Waals surface area contributed by atoms with Crippen molar-refractivity contribution in [3.63, 3.8) is 0 Å². The zero-order chi connectivity index (χ0) is 18.3. The van der Waals surface area contributed by atoms with Gasteiger partial charge in [-0.2, -0.15) is 0 Å². The van der Waals surface area contributed by atoms with Gasteiger partial charge in [0, 0.05) is 23.6 Å². The number of cyclic esters (lactones) is 1. The first-order valence-electron chi connectivity index (χ1n) is 8.52. The molecule has 2 aromatic rings. The van der Waals surface area contributed by atoms with E-state index in [0.29, 0.717) is 23.3 Å². The van der Waals surface area contributed by atoms with Crippen LogP contribution in [0.15, 0.2) is 22.9 Å². The minimum Gasteiger partial charge on any atom is -0.442 e. The molecule has 1 aliphatic heterocycles. The molecular weight excluding hydrogens is 341 g/mol. The van der Waals surface area contributed by atoms with Crippen molar-refractivity contribution in [3.8, 4) is 11.3 Å². The van der Waals surface area contributed by atoms with Gasteiger partial charge >= 0.3 is 6.09 Å². The van der Waals surface area contributed by atoms with Crippen LogP contribution < -0.4 is 10.2 Å². The first kappa shape index (κ1) is 16.6. The second-order valence-electron chi connectivity index (χ2n) is 6.51. The summed E-state index contributed by atoms with van der Waals surface area (Å²) in [5.74, 6) is -0.0575. The Hall–Kier alpha value is -2.90. The number of fused-ring (bicyclic) bond motifs is 3. The number of aryl methyl sites for hydroxylation is 1. The molecule has 1 fully saturated rings. The van der Waals surface area contributed by atoms with E-state index in [4.69, 9.17) is 9.26 Å². The Kier molecular flexibility index (Phi) is 4.10. The molecule has 1 atom stereocenters. The van der Waals surface area contributed by atoms with E-state index in [9.17, 15) is 9.59 Å². The molecule has 7 nitrogen and oxygen atoms in total. The zero-order valence-electron chi connectivity index (χ0n) is 14.3. The Morgan fingerprint density at radius 1 is 1.42 bits per heavy atom. The van der Waals surface area contributed by atoms with Gasteiger partial charge < -0.3 is 14.6 Å². The molecule has 8 heteroatoms. The van der Waals surface area contributed by atoms with Crippen LogP contribution in [0.4, 0.5) is 14.9 Å². The summed E-state index contributed by atoms with van der Waals surface area (Å²) in [4.78, 5) is 24.5.